The SMILES string of the molecule is COc1ccc(C(N)c2nccn2-c2ccccc2)cc1OC. The maximum Gasteiger partial charge on any atom is 0.161 e. The van der Waals surface area contributed by atoms with Crippen molar-refractivity contribution in [3.63, 3.8) is 0 Å². The van der Waals surface area contributed by atoms with Gasteiger partial charge in [0.25, 0.3) is 0 Å². The van der Waals surface area contributed by atoms with E-state index in [-0.39, 0.29) is 6.04 Å². The van der Waals surface area contributed by atoms with E-state index in [0.29, 0.717) is 11.5 Å². The molecule has 118 valence electrons. The van der Waals surface area contributed by atoms with Gasteiger partial charge in [-0.2, -0.15) is 0 Å². The number of ether oxygens (including phenoxy) is 2. The Labute approximate surface area is 135 Å². The normalized spacial score (nSPS) is 12.0. The molecule has 0 saturated carbocycles. The third-order valence-electron chi connectivity index (χ3n) is 3.75. The lowest BCUT2D eigenvalue weighted by Crippen LogP contribution is -2.17. The standard InChI is InChI=1S/C18H19N3O2/c1-22-15-9-8-13(12-16(15)23-2)17(19)18-20-10-11-21(18)14-6-4-3-5-7-14/h3-12,17H,19H2,1-2H3. The van der Waals surface area contributed by atoms with E-state index in [0.717, 1.165) is 17.1 Å². The van der Waals surface area contributed by atoms with Crippen molar-refractivity contribution in [2.45, 2.75) is 6.04 Å². The Morgan fingerprint density at radius 1 is 1.00 bits per heavy atom. The van der Waals surface area contributed by atoms with Gasteiger partial charge in [-0.15, -0.1) is 0 Å². The molecule has 2 aromatic carbocycles. The molecule has 2 N–H and O–H groups in total. The van der Waals surface area contributed by atoms with Crippen LogP contribution in [0.15, 0.2) is 60.9 Å². The molecular weight excluding hydrogens is 290 g/mol. The highest BCUT2D eigenvalue weighted by Gasteiger charge is 2.17. The minimum absolute atomic E-state index is 0.370. The number of aromatic nitrogens is 2. The summed E-state index contributed by atoms with van der Waals surface area (Å²) in [6.07, 6.45) is 3.66. The van der Waals surface area contributed by atoms with E-state index in [9.17, 15) is 0 Å². The van der Waals surface area contributed by atoms with Crippen LogP contribution in [0.3, 0.4) is 0 Å². The molecule has 0 saturated heterocycles. The number of para-hydroxylation sites is 1. The first-order valence-electron chi connectivity index (χ1n) is 7.30. The first kappa shape index (κ1) is 15.1. The molecule has 0 fully saturated rings. The average Bonchev–Trinajstić information content (AvgIpc) is 3.11. The Hall–Kier alpha value is -2.79. The Bertz CT molecular complexity index is 784. The van der Waals surface area contributed by atoms with Crippen LogP contribution in [0.1, 0.15) is 17.4 Å². The first-order chi connectivity index (χ1) is 11.2. The van der Waals surface area contributed by atoms with Crippen LogP contribution in [0.4, 0.5) is 0 Å². The van der Waals surface area contributed by atoms with Gasteiger partial charge in [-0.1, -0.05) is 24.3 Å². The van der Waals surface area contributed by atoms with Gasteiger partial charge in [-0.05, 0) is 29.8 Å². The Morgan fingerprint density at radius 3 is 2.43 bits per heavy atom. The zero-order valence-electron chi connectivity index (χ0n) is 13.1. The number of nitrogens with zero attached hydrogens (tertiary/aromatic N) is 2. The summed E-state index contributed by atoms with van der Waals surface area (Å²) in [5, 5.41) is 0. The monoisotopic (exact) mass is 309 g/mol. The van der Waals surface area contributed by atoms with E-state index in [1.807, 2.05) is 59.3 Å². The maximum atomic E-state index is 6.43. The number of hydrogen-bond acceptors (Lipinski definition) is 4. The summed E-state index contributed by atoms with van der Waals surface area (Å²) in [5.41, 5.74) is 8.37. The van der Waals surface area contributed by atoms with Crippen molar-refractivity contribution in [1.82, 2.24) is 9.55 Å². The fourth-order valence-corrected chi connectivity index (χ4v) is 2.55. The first-order valence-corrected chi connectivity index (χ1v) is 7.30. The number of methoxy groups -OCH3 is 2. The van der Waals surface area contributed by atoms with Gasteiger partial charge in [-0.3, -0.25) is 0 Å². The summed E-state index contributed by atoms with van der Waals surface area (Å²) in [6.45, 7) is 0. The molecule has 1 heterocycles. The Morgan fingerprint density at radius 2 is 1.74 bits per heavy atom. The number of hydrogen-bond donors (Lipinski definition) is 1. The molecule has 3 aromatic rings. The topological polar surface area (TPSA) is 62.3 Å². The number of nitrogens with two attached hydrogens (primary N) is 1. The smallest absolute Gasteiger partial charge is 0.161 e. The third-order valence-corrected chi connectivity index (χ3v) is 3.75. The van der Waals surface area contributed by atoms with E-state index in [1.54, 1.807) is 20.4 Å². The van der Waals surface area contributed by atoms with Gasteiger partial charge >= 0.3 is 0 Å². The van der Waals surface area contributed by atoms with E-state index >= 15 is 0 Å². The van der Waals surface area contributed by atoms with Gasteiger partial charge in [0, 0.05) is 18.1 Å². The quantitative estimate of drug-likeness (QED) is 0.787. The van der Waals surface area contributed by atoms with Crippen LogP contribution in [0, 0.1) is 0 Å². The molecule has 23 heavy (non-hydrogen) atoms. The summed E-state index contributed by atoms with van der Waals surface area (Å²) in [4.78, 5) is 4.43. The molecule has 1 aromatic heterocycles. The number of rotatable bonds is 5. The molecule has 0 amide bonds. The van der Waals surface area contributed by atoms with Gasteiger partial charge in [0.2, 0.25) is 0 Å². The summed E-state index contributed by atoms with van der Waals surface area (Å²) >= 11 is 0. The number of benzene rings is 2. The van der Waals surface area contributed by atoms with Crippen LogP contribution in [0.2, 0.25) is 0 Å². The zero-order chi connectivity index (χ0) is 16.2. The van der Waals surface area contributed by atoms with Crippen molar-refractivity contribution in [1.29, 1.82) is 0 Å². The lowest BCUT2D eigenvalue weighted by Gasteiger charge is -2.16. The fraction of sp³-hybridized carbons (Fsp3) is 0.167. The molecule has 0 radical (unpaired) electrons. The lowest BCUT2D eigenvalue weighted by atomic mass is 10.1. The second-order valence-electron chi connectivity index (χ2n) is 5.08. The molecule has 1 atom stereocenters. The van der Waals surface area contributed by atoms with E-state index in [2.05, 4.69) is 4.98 Å². The van der Waals surface area contributed by atoms with Gasteiger partial charge in [0.1, 0.15) is 5.82 Å². The van der Waals surface area contributed by atoms with Crippen LogP contribution in [0.25, 0.3) is 5.69 Å². The Kier molecular flexibility index (Phi) is 4.30. The second-order valence-corrected chi connectivity index (χ2v) is 5.08. The highest BCUT2D eigenvalue weighted by atomic mass is 16.5. The van der Waals surface area contributed by atoms with Gasteiger partial charge in [0.15, 0.2) is 11.5 Å². The highest BCUT2D eigenvalue weighted by Crippen LogP contribution is 2.31. The largest absolute Gasteiger partial charge is 0.493 e. The van der Waals surface area contributed by atoms with Gasteiger partial charge < -0.3 is 19.8 Å². The molecule has 0 bridgehead atoms. The minimum Gasteiger partial charge on any atom is -0.493 e. The molecule has 0 aliphatic heterocycles. The third kappa shape index (κ3) is 2.91. The average molecular weight is 309 g/mol. The second kappa shape index (κ2) is 6.54. The summed E-state index contributed by atoms with van der Waals surface area (Å²) in [6, 6.07) is 15.3. The molecule has 0 spiro atoms. The van der Waals surface area contributed by atoms with Crippen LogP contribution in [0.5, 0.6) is 11.5 Å². The molecule has 0 aliphatic rings. The van der Waals surface area contributed by atoms with Crippen molar-refractivity contribution < 1.29 is 9.47 Å². The predicted octanol–water partition coefficient (Wildman–Crippen LogP) is 2.94. The predicted molar refractivity (Wildman–Crippen MR) is 89.1 cm³/mol. The van der Waals surface area contributed by atoms with E-state index in [1.165, 1.54) is 0 Å². The summed E-state index contributed by atoms with van der Waals surface area (Å²) < 4.78 is 12.6. The molecule has 5 nitrogen and oxygen atoms in total. The van der Waals surface area contributed by atoms with Crippen molar-refractivity contribution in [3.05, 3.63) is 72.3 Å². The van der Waals surface area contributed by atoms with Gasteiger partial charge in [-0.25, -0.2) is 4.98 Å². The summed E-state index contributed by atoms with van der Waals surface area (Å²) in [5.74, 6) is 2.09. The highest BCUT2D eigenvalue weighted by molar-refractivity contribution is 5.45. The van der Waals surface area contributed by atoms with Crippen LogP contribution in [-0.4, -0.2) is 23.8 Å². The molecular formula is C18H19N3O2. The van der Waals surface area contributed by atoms with Crippen LogP contribution >= 0.6 is 0 Å². The minimum atomic E-state index is -0.370. The Balaban J connectivity index is 1.99. The van der Waals surface area contributed by atoms with Crippen molar-refractivity contribution in [2.75, 3.05) is 14.2 Å². The fourth-order valence-electron chi connectivity index (χ4n) is 2.55. The molecule has 0 aliphatic carbocycles. The zero-order valence-corrected chi connectivity index (χ0v) is 13.1. The van der Waals surface area contributed by atoms with Crippen LogP contribution in [-0.2, 0) is 0 Å². The van der Waals surface area contributed by atoms with Gasteiger partial charge in [0.05, 0.1) is 20.3 Å². The molecule has 1 unspecified atom stereocenters. The molecule has 5 heteroatoms. The van der Waals surface area contributed by atoms with Crippen molar-refractivity contribution in [2.24, 2.45) is 5.73 Å². The van der Waals surface area contributed by atoms with E-state index < -0.39 is 0 Å². The van der Waals surface area contributed by atoms with Crippen molar-refractivity contribution in [3.8, 4) is 17.2 Å². The maximum absolute atomic E-state index is 6.43. The van der Waals surface area contributed by atoms with Crippen LogP contribution < -0.4 is 15.2 Å². The van der Waals surface area contributed by atoms with Crippen molar-refractivity contribution >= 4 is 0 Å². The van der Waals surface area contributed by atoms with E-state index in [4.69, 9.17) is 15.2 Å². The summed E-state index contributed by atoms with van der Waals surface area (Å²) in [7, 11) is 3.22. The molecule has 3 rings (SSSR count). The number of imidazole rings is 1. The lowest BCUT2D eigenvalue weighted by molar-refractivity contribution is 0.354.